The lowest BCUT2D eigenvalue weighted by Crippen LogP contribution is -2.16. The van der Waals surface area contributed by atoms with Gasteiger partial charge in [0.25, 0.3) is 0 Å². The van der Waals surface area contributed by atoms with Crippen molar-refractivity contribution in [3.05, 3.63) is 53.6 Å². The van der Waals surface area contributed by atoms with Crippen molar-refractivity contribution in [1.82, 2.24) is 0 Å². The summed E-state index contributed by atoms with van der Waals surface area (Å²) in [6.07, 6.45) is 1.92. The minimum Gasteiger partial charge on any atom is -0.494 e. The highest BCUT2D eigenvalue weighted by molar-refractivity contribution is 7.92. The predicted molar refractivity (Wildman–Crippen MR) is 113 cm³/mol. The molecule has 0 bridgehead atoms. The second kappa shape index (κ2) is 10.1. The number of benzene rings is 2. The van der Waals surface area contributed by atoms with E-state index in [1.54, 1.807) is 32.0 Å². The fourth-order valence-electron chi connectivity index (χ4n) is 2.60. The molecule has 0 radical (unpaired) electrons. The van der Waals surface area contributed by atoms with Gasteiger partial charge in [-0.15, -0.1) is 0 Å². The molecule has 2 aromatic carbocycles. The number of hydrogen-bond donors (Lipinski definition) is 2. The molecule has 0 saturated heterocycles. The number of anilines is 2. The van der Waals surface area contributed by atoms with E-state index < -0.39 is 10.0 Å². The molecule has 28 heavy (non-hydrogen) atoms. The van der Waals surface area contributed by atoms with Gasteiger partial charge in [0.2, 0.25) is 15.9 Å². The Morgan fingerprint density at radius 1 is 1.07 bits per heavy atom. The van der Waals surface area contributed by atoms with Crippen LogP contribution in [-0.4, -0.2) is 26.7 Å². The van der Waals surface area contributed by atoms with Crippen molar-refractivity contribution in [2.24, 2.45) is 0 Å². The van der Waals surface area contributed by atoms with Gasteiger partial charge in [-0.25, -0.2) is 8.42 Å². The topological polar surface area (TPSA) is 84.5 Å². The molecule has 0 fully saturated rings. The van der Waals surface area contributed by atoms with Gasteiger partial charge in [-0.3, -0.25) is 9.52 Å². The number of hydrogen-bond acceptors (Lipinski definition) is 4. The Kier molecular flexibility index (Phi) is 7.87. The number of rotatable bonds is 10. The van der Waals surface area contributed by atoms with Crippen LogP contribution in [-0.2, 0) is 14.8 Å². The average molecular weight is 405 g/mol. The normalized spacial score (nSPS) is 11.1. The van der Waals surface area contributed by atoms with Gasteiger partial charge < -0.3 is 10.1 Å². The van der Waals surface area contributed by atoms with Gasteiger partial charge in [-0.1, -0.05) is 12.1 Å². The maximum Gasteiger partial charge on any atom is 0.232 e. The molecular weight excluding hydrogens is 376 g/mol. The van der Waals surface area contributed by atoms with Crippen molar-refractivity contribution in [1.29, 1.82) is 0 Å². The first-order valence-corrected chi connectivity index (χ1v) is 11.0. The van der Waals surface area contributed by atoms with Crippen molar-refractivity contribution >= 4 is 27.3 Å². The Balaban J connectivity index is 1.74. The van der Waals surface area contributed by atoms with Gasteiger partial charge in [0.05, 0.1) is 18.0 Å². The molecule has 152 valence electrons. The third-order valence-electron chi connectivity index (χ3n) is 4.21. The Morgan fingerprint density at radius 3 is 2.54 bits per heavy atom. The summed E-state index contributed by atoms with van der Waals surface area (Å²) in [5.41, 5.74) is 3.08. The first-order chi connectivity index (χ1) is 13.3. The Hall–Kier alpha value is -2.54. The standard InChI is InChI=1S/C21H28N2O4S/c1-4-28(25,26)23-20-12-11-18(15-17(20)3)22-21(24)10-5-6-13-27-19-9-7-8-16(2)14-19/h7-9,11-12,14-15,23H,4-6,10,13H2,1-3H3,(H,22,24). The number of ether oxygens (including phenoxy) is 1. The average Bonchev–Trinajstić information content (AvgIpc) is 2.64. The van der Waals surface area contributed by atoms with Crippen LogP contribution >= 0.6 is 0 Å². The second-order valence-electron chi connectivity index (χ2n) is 6.71. The van der Waals surface area contributed by atoms with E-state index in [0.29, 0.717) is 24.4 Å². The van der Waals surface area contributed by atoms with Crippen LogP contribution in [0, 0.1) is 13.8 Å². The molecule has 0 aliphatic carbocycles. The van der Waals surface area contributed by atoms with Crippen LogP contribution in [0.3, 0.4) is 0 Å². The molecule has 0 atom stereocenters. The fourth-order valence-corrected chi connectivity index (χ4v) is 3.31. The van der Waals surface area contributed by atoms with Crippen molar-refractivity contribution in [3.8, 4) is 5.75 Å². The summed E-state index contributed by atoms with van der Waals surface area (Å²) in [5.74, 6) is 0.786. The van der Waals surface area contributed by atoms with Crippen molar-refractivity contribution < 1.29 is 17.9 Å². The summed E-state index contributed by atoms with van der Waals surface area (Å²) in [7, 11) is -3.32. The zero-order valence-electron chi connectivity index (χ0n) is 16.6. The second-order valence-corrected chi connectivity index (χ2v) is 8.72. The number of amides is 1. The molecule has 0 spiro atoms. The van der Waals surface area contributed by atoms with E-state index in [0.717, 1.165) is 29.7 Å². The molecule has 0 heterocycles. The highest BCUT2D eigenvalue weighted by Gasteiger charge is 2.10. The summed E-state index contributed by atoms with van der Waals surface area (Å²) in [6.45, 7) is 5.97. The number of sulfonamides is 1. The van der Waals surface area contributed by atoms with Crippen LogP contribution in [0.25, 0.3) is 0 Å². The molecule has 6 nitrogen and oxygen atoms in total. The van der Waals surface area contributed by atoms with Crippen LogP contribution in [0.1, 0.15) is 37.3 Å². The lowest BCUT2D eigenvalue weighted by Gasteiger charge is -2.12. The summed E-state index contributed by atoms with van der Waals surface area (Å²) in [4.78, 5) is 12.1. The van der Waals surface area contributed by atoms with E-state index in [1.807, 2.05) is 31.2 Å². The molecule has 0 aliphatic heterocycles. The molecule has 2 aromatic rings. The smallest absolute Gasteiger partial charge is 0.232 e. The molecule has 0 aliphatic rings. The Morgan fingerprint density at radius 2 is 1.86 bits per heavy atom. The molecule has 1 amide bonds. The van der Waals surface area contributed by atoms with Crippen LogP contribution in [0.15, 0.2) is 42.5 Å². The van der Waals surface area contributed by atoms with Crippen molar-refractivity contribution in [3.63, 3.8) is 0 Å². The first-order valence-electron chi connectivity index (χ1n) is 9.39. The van der Waals surface area contributed by atoms with E-state index in [2.05, 4.69) is 10.0 Å². The summed E-state index contributed by atoms with van der Waals surface area (Å²) >= 11 is 0. The van der Waals surface area contributed by atoms with Crippen molar-refractivity contribution in [2.45, 2.75) is 40.0 Å². The highest BCUT2D eigenvalue weighted by atomic mass is 32.2. The molecule has 0 saturated carbocycles. The SMILES string of the molecule is CCS(=O)(=O)Nc1ccc(NC(=O)CCCCOc2cccc(C)c2)cc1C. The number of aryl methyl sites for hydroxylation is 2. The zero-order chi connectivity index (χ0) is 20.6. The first kappa shape index (κ1) is 21.8. The van der Waals surface area contributed by atoms with Crippen LogP contribution in [0.5, 0.6) is 5.75 Å². The minimum absolute atomic E-state index is 0.0124. The van der Waals surface area contributed by atoms with Gasteiger partial charge in [0, 0.05) is 12.1 Å². The summed E-state index contributed by atoms with van der Waals surface area (Å²) in [6, 6.07) is 13.0. The van der Waals surface area contributed by atoms with Crippen LogP contribution in [0.4, 0.5) is 11.4 Å². The number of carbonyl (C=O) groups is 1. The Bertz CT molecular complexity index is 910. The van der Waals surface area contributed by atoms with Crippen molar-refractivity contribution in [2.75, 3.05) is 22.4 Å². The number of nitrogens with one attached hydrogen (secondary N) is 2. The fraction of sp³-hybridized carbons (Fsp3) is 0.381. The van der Waals surface area contributed by atoms with Gasteiger partial charge in [0.15, 0.2) is 0 Å². The summed E-state index contributed by atoms with van der Waals surface area (Å²) in [5, 5.41) is 2.85. The number of unbranched alkanes of at least 4 members (excludes halogenated alkanes) is 1. The molecule has 7 heteroatoms. The molecule has 0 unspecified atom stereocenters. The van der Waals surface area contributed by atoms with Crippen LogP contribution in [0.2, 0.25) is 0 Å². The quantitative estimate of drug-likeness (QED) is 0.580. The van der Waals surface area contributed by atoms with E-state index in [4.69, 9.17) is 4.74 Å². The zero-order valence-corrected chi connectivity index (χ0v) is 17.4. The molecule has 0 aromatic heterocycles. The molecular formula is C21H28N2O4S. The van der Waals surface area contributed by atoms with Gasteiger partial charge in [-0.05, 0) is 75.1 Å². The lowest BCUT2D eigenvalue weighted by molar-refractivity contribution is -0.116. The van der Waals surface area contributed by atoms with Crippen LogP contribution < -0.4 is 14.8 Å². The lowest BCUT2D eigenvalue weighted by atomic mass is 10.1. The maximum absolute atomic E-state index is 12.1. The van der Waals surface area contributed by atoms with E-state index in [9.17, 15) is 13.2 Å². The third-order valence-corrected chi connectivity index (χ3v) is 5.50. The number of carbonyl (C=O) groups excluding carboxylic acids is 1. The van der Waals surface area contributed by atoms with Gasteiger partial charge in [0.1, 0.15) is 5.75 Å². The van der Waals surface area contributed by atoms with E-state index in [-0.39, 0.29) is 11.7 Å². The van der Waals surface area contributed by atoms with E-state index >= 15 is 0 Å². The third kappa shape index (κ3) is 7.23. The van der Waals surface area contributed by atoms with E-state index in [1.165, 1.54) is 0 Å². The highest BCUT2D eigenvalue weighted by Crippen LogP contribution is 2.21. The minimum atomic E-state index is -3.32. The monoisotopic (exact) mass is 404 g/mol. The predicted octanol–water partition coefficient (Wildman–Crippen LogP) is 4.25. The molecule has 2 rings (SSSR count). The maximum atomic E-state index is 12.1. The van der Waals surface area contributed by atoms with Gasteiger partial charge >= 0.3 is 0 Å². The largest absolute Gasteiger partial charge is 0.494 e. The van der Waals surface area contributed by atoms with Gasteiger partial charge in [-0.2, -0.15) is 0 Å². The Labute approximate surface area is 167 Å². The summed E-state index contributed by atoms with van der Waals surface area (Å²) < 4.78 is 31.5. The molecule has 2 N–H and O–H groups in total.